The number of benzene rings is 1. The van der Waals surface area contributed by atoms with Crippen molar-refractivity contribution in [2.45, 2.75) is 31.5 Å². The molecule has 2 rings (SSSR count). The Morgan fingerprint density at radius 3 is 2.95 bits per heavy atom. The van der Waals surface area contributed by atoms with Gasteiger partial charge in [-0.15, -0.1) is 10.2 Å². The number of nitrogens with zero attached hydrogens (tertiary/aromatic N) is 2. The summed E-state index contributed by atoms with van der Waals surface area (Å²) < 4.78 is 6.54. The van der Waals surface area contributed by atoms with E-state index in [2.05, 4.69) is 22.4 Å². The summed E-state index contributed by atoms with van der Waals surface area (Å²) in [4.78, 5) is 11.9. The molecule has 0 bridgehead atoms. The van der Waals surface area contributed by atoms with Crippen LogP contribution in [-0.2, 0) is 4.79 Å². The van der Waals surface area contributed by atoms with Crippen LogP contribution in [0.3, 0.4) is 0 Å². The van der Waals surface area contributed by atoms with Gasteiger partial charge in [-0.05, 0) is 36.8 Å². The van der Waals surface area contributed by atoms with E-state index < -0.39 is 0 Å². The van der Waals surface area contributed by atoms with E-state index in [0.29, 0.717) is 11.7 Å². The van der Waals surface area contributed by atoms with Gasteiger partial charge in [0.2, 0.25) is 11.0 Å². The lowest BCUT2D eigenvalue weighted by atomic mass is 10.1. The standard InChI is InChI=1S/C15H19N3O2S2/c1-4-21-15-18-17-14(22-15)16-13(19)7-8-20-12-9-10(2)5-6-11(12)3/h5-6,9H,4,7-8H2,1-3H3,(H,16,17,19). The van der Waals surface area contributed by atoms with Gasteiger partial charge in [-0.1, -0.05) is 42.2 Å². The Kier molecular flexibility index (Phi) is 6.21. The molecule has 22 heavy (non-hydrogen) atoms. The van der Waals surface area contributed by atoms with Crippen molar-refractivity contribution in [3.63, 3.8) is 0 Å². The fraction of sp³-hybridized carbons (Fsp3) is 0.400. The zero-order valence-corrected chi connectivity index (χ0v) is 14.5. The Morgan fingerprint density at radius 1 is 1.36 bits per heavy atom. The Morgan fingerprint density at radius 2 is 2.18 bits per heavy atom. The van der Waals surface area contributed by atoms with Gasteiger partial charge < -0.3 is 10.1 Å². The largest absolute Gasteiger partial charge is 0.493 e. The topological polar surface area (TPSA) is 64.1 Å². The van der Waals surface area contributed by atoms with Gasteiger partial charge in [0.15, 0.2) is 4.34 Å². The second kappa shape index (κ2) is 8.14. The van der Waals surface area contributed by atoms with Gasteiger partial charge in [-0.3, -0.25) is 4.79 Å². The Balaban J connectivity index is 1.78. The summed E-state index contributed by atoms with van der Waals surface area (Å²) in [5.41, 5.74) is 2.20. The number of carbonyl (C=O) groups excluding carboxylic acids is 1. The van der Waals surface area contributed by atoms with Crippen LogP contribution in [0.2, 0.25) is 0 Å². The van der Waals surface area contributed by atoms with E-state index >= 15 is 0 Å². The highest BCUT2D eigenvalue weighted by Gasteiger charge is 2.09. The van der Waals surface area contributed by atoms with E-state index in [0.717, 1.165) is 27.0 Å². The molecule has 7 heteroatoms. The molecule has 118 valence electrons. The average Bonchev–Trinajstić information content (AvgIpc) is 2.90. The number of hydrogen-bond acceptors (Lipinski definition) is 6. The first-order valence-corrected chi connectivity index (χ1v) is 8.85. The minimum atomic E-state index is -0.116. The molecular formula is C15H19N3O2S2. The predicted octanol–water partition coefficient (Wildman–Crippen LogP) is 3.67. The summed E-state index contributed by atoms with van der Waals surface area (Å²) in [6, 6.07) is 6.03. The molecule has 0 atom stereocenters. The van der Waals surface area contributed by atoms with E-state index in [1.54, 1.807) is 11.8 Å². The van der Waals surface area contributed by atoms with Crippen molar-refractivity contribution in [1.29, 1.82) is 0 Å². The van der Waals surface area contributed by atoms with Gasteiger partial charge >= 0.3 is 0 Å². The van der Waals surface area contributed by atoms with Crippen LogP contribution in [0.4, 0.5) is 5.13 Å². The number of anilines is 1. The van der Waals surface area contributed by atoms with Crippen LogP contribution in [0.15, 0.2) is 22.5 Å². The van der Waals surface area contributed by atoms with Crippen molar-refractivity contribution in [2.75, 3.05) is 17.7 Å². The summed E-state index contributed by atoms with van der Waals surface area (Å²) in [6.07, 6.45) is 0.281. The Hall–Kier alpha value is -1.60. The number of rotatable bonds is 7. The molecule has 1 N–H and O–H groups in total. The molecule has 0 spiro atoms. The van der Waals surface area contributed by atoms with Crippen LogP contribution >= 0.6 is 23.1 Å². The monoisotopic (exact) mass is 337 g/mol. The lowest BCUT2D eigenvalue weighted by Crippen LogP contribution is -2.15. The van der Waals surface area contributed by atoms with Crippen molar-refractivity contribution in [3.8, 4) is 5.75 Å². The molecule has 1 aromatic carbocycles. The molecule has 0 saturated carbocycles. The minimum absolute atomic E-state index is 0.116. The number of carbonyl (C=O) groups is 1. The molecule has 0 unspecified atom stereocenters. The summed E-state index contributed by atoms with van der Waals surface area (Å²) in [6.45, 7) is 6.39. The summed E-state index contributed by atoms with van der Waals surface area (Å²) >= 11 is 3.00. The van der Waals surface area contributed by atoms with Crippen LogP contribution in [0.25, 0.3) is 0 Å². The van der Waals surface area contributed by atoms with E-state index in [1.807, 2.05) is 32.0 Å². The van der Waals surface area contributed by atoms with Crippen LogP contribution in [0.5, 0.6) is 5.75 Å². The highest BCUT2D eigenvalue weighted by atomic mass is 32.2. The molecule has 1 aromatic heterocycles. The second-order valence-corrected chi connectivity index (χ2v) is 7.21. The van der Waals surface area contributed by atoms with Gasteiger partial charge in [0, 0.05) is 0 Å². The van der Waals surface area contributed by atoms with Gasteiger partial charge in [-0.25, -0.2) is 0 Å². The maximum atomic E-state index is 11.9. The molecule has 2 aromatic rings. The highest BCUT2D eigenvalue weighted by Crippen LogP contribution is 2.25. The van der Waals surface area contributed by atoms with Crippen molar-refractivity contribution in [3.05, 3.63) is 29.3 Å². The number of aromatic nitrogens is 2. The first-order chi connectivity index (χ1) is 10.6. The van der Waals surface area contributed by atoms with Crippen molar-refractivity contribution < 1.29 is 9.53 Å². The zero-order valence-electron chi connectivity index (χ0n) is 12.9. The molecule has 0 fully saturated rings. The van der Waals surface area contributed by atoms with Gasteiger partial charge in [0.05, 0.1) is 13.0 Å². The fourth-order valence-electron chi connectivity index (χ4n) is 1.74. The zero-order chi connectivity index (χ0) is 15.9. The fourth-order valence-corrected chi connectivity index (χ4v) is 3.41. The van der Waals surface area contributed by atoms with E-state index in [9.17, 15) is 4.79 Å². The molecule has 1 amide bonds. The predicted molar refractivity (Wildman–Crippen MR) is 91.0 cm³/mol. The van der Waals surface area contributed by atoms with Gasteiger partial charge in [0.25, 0.3) is 0 Å². The summed E-state index contributed by atoms with van der Waals surface area (Å²) in [5.74, 6) is 1.64. The first-order valence-electron chi connectivity index (χ1n) is 7.04. The van der Waals surface area contributed by atoms with Crippen molar-refractivity contribution in [2.24, 2.45) is 0 Å². The number of hydrogen-bond donors (Lipinski definition) is 1. The van der Waals surface area contributed by atoms with E-state index in [-0.39, 0.29) is 12.3 Å². The number of amides is 1. The van der Waals surface area contributed by atoms with Gasteiger partial charge in [0.1, 0.15) is 5.75 Å². The Labute approximate surface area is 138 Å². The normalized spacial score (nSPS) is 10.5. The molecule has 0 aliphatic carbocycles. The minimum Gasteiger partial charge on any atom is -0.493 e. The maximum Gasteiger partial charge on any atom is 0.229 e. The van der Waals surface area contributed by atoms with E-state index in [4.69, 9.17) is 4.74 Å². The number of aryl methyl sites for hydroxylation is 2. The Bertz CT molecular complexity index is 643. The SMILES string of the molecule is CCSc1nnc(NC(=O)CCOc2cc(C)ccc2C)s1. The lowest BCUT2D eigenvalue weighted by Gasteiger charge is -2.09. The molecule has 0 aliphatic heterocycles. The van der Waals surface area contributed by atoms with Gasteiger partial charge in [-0.2, -0.15) is 0 Å². The number of nitrogens with one attached hydrogen (secondary N) is 1. The average molecular weight is 337 g/mol. The summed E-state index contributed by atoms with van der Waals surface area (Å²) in [7, 11) is 0. The highest BCUT2D eigenvalue weighted by molar-refractivity contribution is 8.01. The molecule has 1 heterocycles. The molecule has 0 radical (unpaired) electrons. The molecular weight excluding hydrogens is 318 g/mol. The van der Waals surface area contributed by atoms with Crippen LogP contribution in [0, 0.1) is 13.8 Å². The molecule has 0 saturated heterocycles. The first kappa shape index (κ1) is 16.8. The van der Waals surface area contributed by atoms with Crippen molar-refractivity contribution in [1.82, 2.24) is 10.2 Å². The summed E-state index contributed by atoms with van der Waals surface area (Å²) in [5, 5.41) is 11.2. The lowest BCUT2D eigenvalue weighted by molar-refractivity contribution is -0.116. The van der Waals surface area contributed by atoms with Crippen LogP contribution < -0.4 is 10.1 Å². The smallest absolute Gasteiger partial charge is 0.229 e. The quantitative estimate of drug-likeness (QED) is 0.617. The van der Waals surface area contributed by atoms with Crippen molar-refractivity contribution >= 4 is 34.1 Å². The number of ether oxygens (including phenoxy) is 1. The van der Waals surface area contributed by atoms with Crippen LogP contribution in [0.1, 0.15) is 24.5 Å². The third-order valence-electron chi connectivity index (χ3n) is 2.85. The third-order valence-corrected chi connectivity index (χ3v) is 4.71. The van der Waals surface area contributed by atoms with Crippen LogP contribution in [-0.4, -0.2) is 28.5 Å². The third kappa shape index (κ3) is 4.99. The van der Waals surface area contributed by atoms with E-state index in [1.165, 1.54) is 11.3 Å². The maximum absolute atomic E-state index is 11.9. The number of thioether (sulfide) groups is 1. The molecule has 5 nitrogen and oxygen atoms in total. The second-order valence-electron chi connectivity index (χ2n) is 4.72. The molecule has 0 aliphatic rings.